The van der Waals surface area contributed by atoms with Crippen LogP contribution in [0, 0.1) is 5.92 Å². The van der Waals surface area contributed by atoms with Gasteiger partial charge in [-0.1, -0.05) is 13.3 Å². The Morgan fingerprint density at radius 2 is 1.80 bits per heavy atom. The van der Waals surface area contributed by atoms with Gasteiger partial charge in [0, 0.05) is 31.2 Å². The van der Waals surface area contributed by atoms with Crippen LogP contribution < -0.4 is 5.32 Å². The van der Waals surface area contributed by atoms with Gasteiger partial charge < -0.3 is 10.2 Å². The molecule has 2 atom stereocenters. The van der Waals surface area contributed by atoms with Crippen LogP contribution in [0.1, 0.15) is 69.2 Å². The monoisotopic (exact) mass is 435 g/mol. The molecular formula is C23H37N3O3S. The topological polar surface area (TPSA) is 69.7 Å². The summed E-state index contributed by atoms with van der Waals surface area (Å²) in [4.78, 5) is 15.2. The molecule has 0 aromatic heterocycles. The Hall–Kier alpha value is -1.44. The molecule has 30 heavy (non-hydrogen) atoms. The lowest BCUT2D eigenvalue weighted by Crippen LogP contribution is -2.41. The number of hydrogen-bond acceptors (Lipinski definition) is 4. The molecule has 7 heteroatoms. The maximum atomic E-state index is 12.9. The third kappa shape index (κ3) is 6.05. The van der Waals surface area contributed by atoms with Crippen LogP contribution in [-0.4, -0.2) is 62.3 Å². The molecule has 0 bridgehead atoms. The van der Waals surface area contributed by atoms with Gasteiger partial charge in [0.15, 0.2) is 0 Å². The third-order valence-electron chi connectivity index (χ3n) is 6.39. The summed E-state index contributed by atoms with van der Waals surface area (Å²) in [6.45, 7) is 8.98. The molecule has 0 spiro atoms. The summed E-state index contributed by atoms with van der Waals surface area (Å²) >= 11 is 0. The second-order valence-corrected chi connectivity index (χ2v) is 10.9. The van der Waals surface area contributed by atoms with Gasteiger partial charge in [-0.3, -0.25) is 4.79 Å². The Balaban J connectivity index is 1.44. The molecular weight excluding hydrogens is 398 g/mol. The van der Waals surface area contributed by atoms with Crippen molar-refractivity contribution in [1.82, 2.24) is 14.5 Å². The summed E-state index contributed by atoms with van der Waals surface area (Å²) in [7, 11) is -3.50. The lowest BCUT2D eigenvalue weighted by atomic mass is 10.0. The molecule has 1 aromatic rings. The van der Waals surface area contributed by atoms with Crippen molar-refractivity contribution in [2.24, 2.45) is 5.92 Å². The van der Waals surface area contributed by atoms with Crippen LogP contribution in [0.5, 0.6) is 0 Å². The first-order valence-electron chi connectivity index (χ1n) is 11.5. The fraction of sp³-hybridized carbons (Fsp3) is 0.696. The van der Waals surface area contributed by atoms with Crippen molar-refractivity contribution in [1.29, 1.82) is 0 Å². The van der Waals surface area contributed by atoms with Crippen LogP contribution in [0.3, 0.4) is 0 Å². The van der Waals surface area contributed by atoms with Gasteiger partial charge in [0.2, 0.25) is 10.0 Å². The summed E-state index contributed by atoms with van der Waals surface area (Å²) in [5.41, 5.74) is 0.505. The second-order valence-electron chi connectivity index (χ2n) is 9.00. The van der Waals surface area contributed by atoms with E-state index in [9.17, 15) is 13.2 Å². The second kappa shape index (κ2) is 10.7. The van der Waals surface area contributed by atoms with E-state index in [1.165, 1.54) is 25.9 Å². The highest BCUT2D eigenvalue weighted by Gasteiger charge is 2.30. The summed E-state index contributed by atoms with van der Waals surface area (Å²) in [6, 6.07) is 6.38. The predicted molar refractivity (Wildman–Crippen MR) is 120 cm³/mol. The average molecular weight is 436 g/mol. The quantitative estimate of drug-likeness (QED) is 0.635. The Bertz CT molecular complexity index is 794. The molecule has 0 saturated carbocycles. The zero-order chi connectivity index (χ0) is 21.6. The number of likely N-dealkylation sites (tertiary alicyclic amines) is 1. The van der Waals surface area contributed by atoms with Gasteiger partial charge in [0.1, 0.15) is 0 Å². The van der Waals surface area contributed by atoms with Crippen molar-refractivity contribution in [3.05, 3.63) is 29.8 Å². The van der Waals surface area contributed by atoms with Gasteiger partial charge in [0.25, 0.3) is 5.91 Å². The van der Waals surface area contributed by atoms with E-state index in [1.807, 2.05) is 6.92 Å². The first-order valence-corrected chi connectivity index (χ1v) is 12.9. The molecule has 2 aliphatic heterocycles. The van der Waals surface area contributed by atoms with Crippen LogP contribution >= 0.6 is 0 Å². The van der Waals surface area contributed by atoms with Gasteiger partial charge in [-0.05, 0) is 88.7 Å². The number of hydrogen-bond donors (Lipinski definition) is 1. The average Bonchev–Trinajstić information content (AvgIpc) is 2.73. The Kier molecular flexibility index (Phi) is 8.31. The van der Waals surface area contributed by atoms with Crippen molar-refractivity contribution in [3.63, 3.8) is 0 Å². The Labute approximate surface area is 182 Å². The number of sulfonamides is 1. The highest BCUT2D eigenvalue weighted by molar-refractivity contribution is 7.89. The van der Waals surface area contributed by atoms with Crippen LogP contribution in [0.2, 0.25) is 0 Å². The van der Waals surface area contributed by atoms with Crippen LogP contribution in [-0.2, 0) is 10.0 Å². The summed E-state index contributed by atoms with van der Waals surface area (Å²) in [5, 5.41) is 2.96. The maximum absolute atomic E-state index is 12.9. The predicted octanol–water partition coefficient (Wildman–Crippen LogP) is 3.49. The molecule has 2 fully saturated rings. The Morgan fingerprint density at radius 1 is 1.03 bits per heavy atom. The largest absolute Gasteiger partial charge is 0.352 e. The highest BCUT2D eigenvalue weighted by Crippen LogP contribution is 2.25. The van der Waals surface area contributed by atoms with Gasteiger partial charge >= 0.3 is 0 Å². The molecule has 2 saturated heterocycles. The fourth-order valence-electron chi connectivity index (χ4n) is 4.60. The van der Waals surface area contributed by atoms with Crippen LogP contribution in [0.15, 0.2) is 29.2 Å². The number of nitrogens with one attached hydrogen (secondary N) is 1. The number of unbranched alkanes of at least 4 members (excludes halogenated alkanes) is 1. The first kappa shape index (κ1) is 23.2. The van der Waals surface area contributed by atoms with E-state index in [4.69, 9.17) is 0 Å². The minimum Gasteiger partial charge on any atom is -0.352 e. The van der Waals surface area contributed by atoms with Gasteiger partial charge in [-0.2, -0.15) is 4.31 Å². The molecule has 2 heterocycles. The molecule has 1 amide bonds. The molecule has 168 valence electrons. The molecule has 0 radical (unpaired) electrons. The van der Waals surface area contributed by atoms with E-state index in [-0.39, 0.29) is 16.8 Å². The lowest BCUT2D eigenvalue weighted by Gasteiger charge is -2.32. The molecule has 2 aliphatic rings. The van der Waals surface area contributed by atoms with Gasteiger partial charge in [-0.15, -0.1) is 0 Å². The zero-order valence-corrected chi connectivity index (χ0v) is 19.3. The molecule has 1 aromatic carbocycles. The van der Waals surface area contributed by atoms with Crippen molar-refractivity contribution < 1.29 is 13.2 Å². The number of piperidine rings is 2. The first-order chi connectivity index (χ1) is 14.4. The number of benzene rings is 1. The van der Waals surface area contributed by atoms with Crippen molar-refractivity contribution >= 4 is 15.9 Å². The molecule has 2 unspecified atom stereocenters. The van der Waals surface area contributed by atoms with Gasteiger partial charge in [0.05, 0.1) is 4.90 Å². The van der Waals surface area contributed by atoms with Crippen LogP contribution in [0.25, 0.3) is 0 Å². The van der Waals surface area contributed by atoms with Crippen LogP contribution in [0.4, 0.5) is 0 Å². The number of nitrogens with zero attached hydrogens (tertiary/aromatic N) is 2. The zero-order valence-electron chi connectivity index (χ0n) is 18.5. The van der Waals surface area contributed by atoms with Crippen molar-refractivity contribution in [2.45, 2.75) is 69.7 Å². The normalized spacial score (nSPS) is 23.9. The molecule has 6 nitrogen and oxygen atoms in total. The number of amides is 1. The van der Waals surface area contributed by atoms with Crippen molar-refractivity contribution in [3.8, 4) is 0 Å². The van der Waals surface area contributed by atoms with Gasteiger partial charge in [-0.25, -0.2) is 8.42 Å². The molecule has 1 N–H and O–H groups in total. The highest BCUT2D eigenvalue weighted by atomic mass is 32.2. The summed E-state index contributed by atoms with van der Waals surface area (Å²) < 4.78 is 27.4. The van der Waals surface area contributed by atoms with E-state index in [0.29, 0.717) is 18.7 Å². The third-order valence-corrected chi connectivity index (χ3v) is 8.42. The van der Waals surface area contributed by atoms with E-state index in [2.05, 4.69) is 17.1 Å². The van der Waals surface area contributed by atoms with Crippen molar-refractivity contribution in [2.75, 3.05) is 32.7 Å². The lowest BCUT2D eigenvalue weighted by molar-refractivity contribution is 0.0952. The van der Waals surface area contributed by atoms with E-state index in [1.54, 1.807) is 28.6 Å². The smallest absolute Gasteiger partial charge is 0.251 e. The fourth-order valence-corrected chi connectivity index (χ4v) is 6.30. The molecule has 3 rings (SSSR count). The number of rotatable bonds is 8. The minimum atomic E-state index is -3.50. The maximum Gasteiger partial charge on any atom is 0.251 e. The summed E-state index contributed by atoms with van der Waals surface area (Å²) in [6.07, 6.45) is 7.54. The molecule has 0 aliphatic carbocycles. The summed E-state index contributed by atoms with van der Waals surface area (Å²) in [5.74, 6) is 0.653. The minimum absolute atomic E-state index is 0.0277. The van der Waals surface area contributed by atoms with E-state index in [0.717, 1.165) is 44.6 Å². The number of carbonyl (C=O) groups is 1. The Morgan fingerprint density at radius 3 is 2.50 bits per heavy atom. The standard InChI is InChI=1S/C23H37N3O3S/c1-19-8-7-16-25(18-19)15-6-4-14-24-23(27)21-10-12-22(13-11-21)30(28,29)26-17-5-3-9-20(26)2/h10-13,19-20H,3-9,14-18H2,1-2H3,(H,24,27). The number of carbonyl (C=O) groups excluding carboxylic acids is 1. The van der Waals surface area contributed by atoms with E-state index < -0.39 is 10.0 Å². The van der Waals surface area contributed by atoms with E-state index >= 15 is 0 Å². The SMILES string of the molecule is CC1CCCN(CCCCNC(=O)c2ccc(S(=O)(=O)N3CCCCC3C)cc2)C1.